The summed E-state index contributed by atoms with van der Waals surface area (Å²) in [7, 11) is 0. The molecule has 1 amide bonds. The molecule has 0 aliphatic rings. The molecule has 1 heterocycles. The number of H-pyrrole nitrogens is 1. The van der Waals surface area contributed by atoms with Crippen LogP contribution in [0.15, 0.2) is 83.5 Å². The Hall–Kier alpha value is -3.05. The Balaban J connectivity index is 1.51. The van der Waals surface area contributed by atoms with Gasteiger partial charge in [-0.05, 0) is 47.9 Å². The molecule has 0 saturated carbocycles. The summed E-state index contributed by atoms with van der Waals surface area (Å²) < 4.78 is 6.72. The third-order valence-corrected chi connectivity index (χ3v) is 5.75. The number of carbonyl (C=O) groups is 1. The molecule has 1 aromatic heterocycles. The normalized spacial score (nSPS) is 11.9. The first-order valence-corrected chi connectivity index (χ1v) is 10.7. The van der Waals surface area contributed by atoms with Crippen LogP contribution < -0.4 is 10.1 Å². The van der Waals surface area contributed by atoms with Gasteiger partial charge in [0.2, 0.25) is 0 Å². The van der Waals surface area contributed by atoms with E-state index in [4.69, 9.17) is 4.74 Å². The molecule has 2 N–H and O–H groups in total. The van der Waals surface area contributed by atoms with Gasteiger partial charge in [0, 0.05) is 34.0 Å². The molecule has 0 unspecified atom stereocenters. The summed E-state index contributed by atoms with van der Waals surface area (Å²) in [6.07, 6.45) is 2.04. The lowest BCUT2D eigenvalue weighted by atomic mass is 9.91. The first-order chi connectivity index (χ1) is 14.6. The number of aromatic amines is 1. The number of aryl methyl sites for hydroxylation is 1. The number of rotatable bonds is 7. The first-order valence-electron chi connectivity index (χ1n) is 9.88. The number of carbonyl (C=O) groups excluding carboxylic acids is 1. The zero-order chi connectivity index (χ0) is 20.9. The summed E-state index contributed by atoms with van der Waals surface area (Å²) >= 11 is 3.50. The molecule has 152 valence electrons. The Labute approximate surface area is 184 Å². The number of aromatic nitrogens is 1. The summed E-state index contributed by atoms with van der Waals surface area (Å²) in [5, 5.41) is 4.21. The molecule has 0 aliphatic heterocycles. The summed E-state index contributed by atoms with van der Waals surface area (Å²) in [6, 6.07) is 24.1. The maximum atomic E-state index is 12.5. The molecule has 4 aromatic rings. The van der Waals surface area contributed by atoms with Gasteiger partial charge in [-0.2, -0.15) is 0 Å². The highest BCUT2D eigenvalue weighted by atomic mass is 79.9. The molecule has 0 fully saturated rings. The number of benzene rings is 3. The van der Waals surface area contributed by atoms with Crippen molar-refractivity contribution in [2.24, 2.45) is 0 Å². The molecule has 30 heavy (non-hydrogen) atoms. The Morgan fingerprint density at radius 3 is 2.57 bits per heavy atom. The zero-order valence-corrected chi connectivity index (χ0v) is 18.3. The molecule has 1 atom stereocenters. The molecular weight excluding hydrogens is 440 g/mol. The van der Waals surface area contributed by atoms with Crippen LogP contribution in [0.3, 0.4) is 0 Å². The number of para-hydroxylation sites is 2. The quantitative estimate of drug-likeness (QED) is 0.377. The van der Waals surface area contributed by atoms with Crippen molar-refractivity contribution in [3.05, 3.63) is 100 Å². The third-order valence-electron chi connectivity index (χ3n) is 5.22. The van der Waals surface area contributed by atoms with Crippen LogP contribution in [0.1, 0.15) is 22.6 Å². The van der Waals surface area contributed by atoms with Crippen molar-refractivity contribution < 1.29 is 9.53 Å². The van der Waals surface area contributed by atoms with Gasteiger partial charge in [-0.1, -0.05) is 64.5 Å². The van der Waals surface area contributed by atoms with Crippen LogP contribution in [0, 0.1) is 6.92 Å². The van der Waals surface area contributed by atoms with Crippen LogP contribution in [0.4, 0.5) is 0 Å². The minimum atomic E-state index is -0.139. The fraction of sp³-hybridized carbons (Fsp3) is 0.160. The maximum Gasteiger partial charge on any atom is 0.257 e. The zero-order valence-electron chi connectivity index (χ0n) is 16.7. The van der Waals surface area contributed by atoms with E-state index >= 15 is 0 Å². The molecule has 0 aliphatic carbocycles. The first kappa shape index (κ1) is 20.2. The molecule has 4 rings (SSSR count). The lowest BCUT2D eigenvalue weighted by Crippen LogP contribution is -2.32. The number of halogens is 1. The minimum absolute atomic E-state index is 0.00814. The second-order valence-corrected chi connectivity index (χ2v) is 8.17. The molecule has 0 spiro atoms. The Kier molecular flexibility index (Phi) is 6.19. The van der Waals surface area contributed by atoms with Crippen molar-refractivity contribution in [1.29, 1.82) is 0 Å². The van der Waals surface area contributed by atoms with Crippen molar-refractivity contribution in [2.75, 3.05) is 13.2 Å². The van der Waals surface area contributed by atoms with E-state index in [0.29, 0.717) is 6.54 Å². The van der Waals surface area contributed by atoms with E-state index < -0.39 is 0 Å². The summed E-state index contributed by atoms with van der Waals surface area (Å²) in [5.41, 5.74) is 4.40. The Morgan fingerprint density at radius 2 is 1.77 bits per heavy atom. The van der Waals surface area contributed by atoms with Gasteiger partial charge in [-0.15, -0.1) is 0 Å². The minimum Gasteiger partial charge on any atom is -0.484 e. The van der Waals surface area contributed by atoms with Gasteiger partial charge in [0.1, 0.15) is 5.75 Å². The summed E-state index contributed by atoms with van der Waals surface area (Å²) in [5.74, 6) is 0.616. The predicted molar refractivity (Wildman–Crippen MR) is 124 cm³/mol. The van der Waals surface area contributed by atoms with Gasteiger partial charge in [0.05, 0.1) is 0 Å². The van der Waals surface area contributed by atoms with E-state index in [1.165, 1.54) is 0 Å². The third kappa shape index (κ3) is 4.57. The molecular formula is C25H23BrN2O2. The number of ether oxygens (including phenoxy) is 1. The molecule has 5 heteroatoms. The van der Waals surface area contributed by atoms with Crippen molar-refractivity contribution in [3.8, 4) is 5.75 Å². The van der Waals surface area contributed by atoms with Crippen molar-refractivity contribution in [3.63, 3.8) is 0 Å². The largest absolute Gasteiger partial charge is 0.484 e. The lowest BCUT2D eigenvalue weighted by molar-refractivity contribution is -0.123. The van der Waals surface area contributed by atoms with E-state index in [9.17, 15) is 4.79 Å². The standard InChI is InChI=1S/C25H23BrN2O2/c1-17-6-2-5-9-24(17)30-16-25(29)28-14-21(18-10-12-19(26)13-11-18)22-15-27-23-8-4-3-7-20(22)23/h2-13,15,21,27H,14,16H2,1H3,(H,28,29)/t21-/m0/s1. The van der Waals surface area contributed by atoms with Crippen LogP contribution in [0.5, 0.6) is 5.75 Å². The van der Waals surface area contributed by atoms with Crippen molar-refractivity contribution in [1.82, 2.24) is 10.3 Å². The summed E-state index contributed by atoms with van der Waals surface area (Å²) in [4.78, 5) is 15.8. The van der Waals surface area contributed by atoms with Crippen LogP contribution in [0.25, 0.3) is 10.9 Å². The second kappa shape index (κ2) is 9.18. The van der Waals surface area contributed by atoms with Gasteiger partial charge < -0.3 is 15.0 Å². The van der Waals surface area contributed by atoms with Crippen LogP contribution >= 0.6 is 15.9 Å². The smallest absolute Gasteiger partial charge is 0.257 e. The van der Waals surface area contributed by atoms with Crippen molar-refractivity contribution >= 4 is 32.7 Å². The Bertz CT molecular complexity index is 1150. The molecule has 0 radical (unpaired) electrons. The second-order valence-electron chi connectivity index (χ2n) is 7.25. The highest BCUT2D eigenvalue weighted by Gasteiger charge is 2.19. The monoisotopic (exact) mass is 462 g/mol. The average molecular weight is 463 g/mol. The van der Waals surface area contributed by atoms with E-state index in [2.05, 4.69) is 50.5 Å². The number of fused-ring (bicyclic) bond motifs is 1. The Morgan fingerprint density at radius 1 is 1.03 bits per heavy atom. The van der Waals surface area contributed by atoms with E-state index in [-0.39, 0.29) is 18.4 Å². The van der Waals surface area contributed by atoms with E-state index in [1.807, 2.05) is 61.7 Å². The number of hydrogen-bond acceptors (Lipinski definition) is 2. The molecule has 0 bridgehead atoms. The maximum absolute atomic E-state index is 12.5. The summed E-state index contributed by atoms with van der Waals surface area (Å²) in [6.45, 7) is 2.44. The van der Waals surface area contributed by atoms with E-state index in [1.54, 1.807) is 0 Å². The highest BCUT2D eigenvalue weighted by Crippen LogP contribution is 2.31. The van der Waals surface area contributed by atoms with Crippen LogP contribution in [-0.4, -0.2) is 24.0 Å². The fourth-order valence-corrected chi connectivity index (χ4v) is 3.88. The molecule has 0 saturated heterocycles. The number of nitrogens with one attached hydrogen (secondary N) is 2. The highest BCUT2D eigenvalue weighted by molar-refractivity contribution is 9.10. The molecule has 4 nitrogen and oxygen atoms in total. The van der Waals surface area contributed by atoms with Crippen LogP contribution in [0.2, 0.25) is 0 Å². The predicted octanol–water partition coefficient (Wildman–Crippen LogP) is 5.57. The van der Waals surface area contributed by atoms with Crippen LogP contribution in [-0.2, 0) is 4.79 Å². The van der Waals surface area contributed by atoms with Gasteiger partial charge in [-0.3, -0.25) is 4.79 Å². The SMILES string of the molecule is Cc1ccccc1OCC(=O)NC[C@@H](c1ccc(Br)cc1)c1c[nH]c2ccccc12. The number of hydrogen-bond donors (Lipinski definition) is 2. The topological polar surface area (TPSA) is 54.1 Å². The number of amides is 1. The molecule has 3 aromatic carbocycles. The van der Waals surface area contributed by atoms with Crippen molar-refractivity contribution in [2.45, 2.75) is 12.8 Å². The van der Waals surface area contributed by atoms with Gasteiger partial charge in [0.25, 0.3) is 5.91 Å². The van der Waals surface area contributed by atoms with Gasteiger partial charge in [0.15, 0.2) is 6.61 Å². The van der Waals surface area contributed by atoms with Gasteiger partial charge >= 0.3 is 0 Å². The lowest BCUT2D eigenvalue weighted by Gasteiger charge is -2.19. The average Bonchev–Trinajstić information content (AvgIpc) is 3.18. The fourth-order valence-electron chi connectivity index (χ4n) is 3.61. The van der Waals surface area contributed by atoms with Gasteiger partial charge in [-0.25, -0.2) is 0 Å². The van der Waals surface area contributed by atoms with E-state index in [0.717, 1.165) is 37.8 Å².